The molecule has 0 spiro atoms. The number of aliphatic hydroxyl groups is 1. The highest BCUT2D eigenvalue weighted by Gasteiger charge is 2.13. The molecule has 0 bridgehead atoms. The van der Waals surface area contributed by atoms with E-state index in [0.717, 1.165) is 35.9 Å². The number of ether oxygens (including phenoxy) is 1. The molecule has 1 aliphatic rings. The van der Waals surface area contributed by atoms with Crippen LogP contribution in [0.4, 0.5) is 5.82 Å². The van der Waals surface area contributed by atoms with Gasteiger partial charge in [-0.2, -0.15) is 5.10 Å². The molecule has 5 nitrogen and oxygen atoms in total. The van der Waals surface area contributed by atoms with Crippen LogP contribution in [-0.2, 0) is 19.5 Å². The van der Waals surface area contributed by atoms with Gasteiger partial charge in [0.05, 0.1) is 25.5 Å². The van der Waals surface area contributed by atoms with Crippen molar-refractivity contribution in [3.8, 4) is 17.0 Å². The lowest BCUT2D eigenvalue weighted by molar-refractivity contribution is 0.270. The summed E-state index contributed by atoms with van der Waals surface area (Å²) >= 11 is 0. The molecule has 0 unspecified atom stereocenters. The van der Waals surface area contributed by atoms with Gasteiger partial charge in [-0.3, -0.25) is 0 Å². The summed E-state index contributed by atoms with van der Waals surface area (Å²) in [6.45, 7) is 2.00. The van der Waals surface area contributed by atoms with Crippen LogP contribution in [-0.4, -0.2) is 28.1 Å². The third kappa shape index (κ3) is 3.37. The minimum absolute atomic E-state index is 0.0563. The number of benzene rings is 2. The van der Waals surface area contributed by atoms with Gasteiger partial charge in [0, 0.05) is 24.6 Å². The summed E-state index contributed by atoms with van der Waals surface area (Å²) in [7, 11) is 0. The predicted octanol–water partition coefficient (Wildman–Crippen LogP) is 3.09. The average molecular weight is 335 g/mol. The molecular formula is C20H21N3O2. The minimum atomic E-state index is 0.0563. The van der Waals surface area contributed by atoms with Crippen molar-refractivity contribution in [3.05, 3.63) is 65.7 Å². The average Bonchev–Trinajstić information content (AvgIpc) is 3.27. The van der Waals surface area contributed by atoms with Gasteiger partial charge in [0.2, 0.25) is 0 Å². The lowest BCUT2D eigenvalue weighted by atomic mass is 10.1. The normalized spacial score (nSPS) is 12.7. The largest absolute Gasteiger partial charge is 0.493 e. The fourth-order valence-electron chi connectivity index (χ4n) is 3.12. The highest BCUT2D eigenvalue weighted by atomic mass is 16.5. The van der Waals surface area contributed by atoms with Crippen LogP contribution in [0, 0.1) is 0 Å². The van der Waals surface area contributed by atoms with Crippen molar-refractivity contribution in [2.24, 2.45) is 0 Å². The molecule has 3 aromatic rings. The Bertz CT molecular complexity index is 859. The van der Waals surface area contributed by atoms with E-state index in [-0.39, 0.29) is 6.61 Å². The van der Waals surface area contributed by atoms with Gasteiger partial charge in [0.1, 0.15) is 11.6 Å². The smallest absolute Gasteiger partial charge is 0.125 e. The van der Waals surface area contributed by atoms with E-state index in [1.807, 2.05) is 47.1 Å². The third-order valence-corrected chi connectivity index (χ3v) is 4.39. The number of nitrogens with one attached hydrogen (secondary N) is 1. The number of hydrogen-bond acceptors (Lipinski definition) is 4. The van der Waals surface area contributed by atoms with E-state index in [1.54, 1.807) is 0 Å². The Balaban J connectivity index is 1.54. The van der Waals surface area contributed by atoms with E-state index in [0.29, 0.717) is 13.1 Å². The van der Waals surface area contributed by atoms with Gasteiger partial charge in [-0.05, 0) is 17.2 Å². The van der Waals surface area contributed by atoms with Crippen molar-refractivity contribution in [3.63, 3.8) is 0 Å². The number of aliphatic hydroxyl groups excluding tert-OH is 1. The minimum Gasteiger partial charge on any atom is -0.493 e. The Kier molecular flexibility index (Phi) is 4.39. The molecule has 0 fully saturated rings. The van der Waals surface area contributed by atoms with Crippen molar-refractivity contribution in [2.45, 2.75) is 19.5 Å². The molecule has 0 atom stereocenters. The lowest BCUT2D eigenvalue weighted by Crippen LogP contribution is -2.10. The van der Waals surface area contributed by atoms with Gasteiger partial charge >= 0.3 is 0 Å². The summed E-state index contributed by atoms with van der Waals surface area (Å²) < 4.78 is 7.38. The summed E-state index contributed by atoms with van der Waals surface area (Å²) in [6.07, 6.45) is 0.976. The van der Waals surface area contributed by atoms with Crippen LogP contribution in [0.25, 0.3) is 11.3 Å². The Morgan fingerprint density at radius 1 is 1.12 bits per heavy atom. The number of rotatable bonds is 6. The second-order valence-electron chi connectivity index (χ2n) is 6.12. The first-order valence-corrected chi connectivity index (χ1v) is 8.56. The predicted molar refractivity (Wildman–Crippen MR) is 97.7 cm³/mol. The van der Waals surface area contributed by atoms with Crippen LogP contribution in [0.5, 0.6) is 5.75 Å². The molecule has 0 amide bonds. The summed E-state index contributed by atoms with van der Waals surface area (Å²) in [6, 6.07) is 18.4. The first-order valence-electron chi connectivity index (χ1n) is 8.56. The first-order chi connectivity index (χ1) is 12.3. The quantitative estimate of drug-likeness (QED) is 0.727. The molecule has 1 aliphatic heterocycles. The van der Waals surface area contributed by atoms with Gasteiger partial charge in [-0.25, -0.2) is 4.68 Å². The van der Waals surface area contributed by atoms with Crippen LogP contribution in [0.15, 0.2) is 54.6 Å². The van der Waals surface area contributed by atoms with Gasteiger partial charge in [-0.1, -0.05) is 42.5 Å². The van der Waals surface area contributed by atoms with Gasteiger partial charge in [-0.15, -0.1) is 0 Å². The topological polar surface area (TPSA) is 59.3 Å². The number of aromatic nitrogens is 2. The number of hydrogen-bond donors (Lipinski definition) is 2. The third-order valence-electron chi connectivity index (χ3n) is 4.39. The maximum absolute atomic E-state index is 9.31. The Morgan fingerprint density at radius 3 is 2.84 bits per heavy atom. The van der Waals surface area contributed by atoms with Gasteiger partial charge < -0.3 is 15.2 Å². The molecule has 128 valence electrons. The van der Waals surface area contributed by atoms with Crippen LogP contribution in [0.1, 0.15) is 11.1 Å². The first kappa shape index (κ1) is 15.7. The lowest BCUT2D eigenvalue weighted by Gasteiger charge is -2.09. The molecule has 2 N–H and O–H groups in total. The molecule has 4 rings (SSSR count). The fraction of sp³-hybridized carbons (Fsp3) is 0.250. The maximum atomic E-state index is 9.31. The van der Waals surface area contributed by atoms with Crippen molar-refractivity contribution in [2.75, 3.05) is 18.5 Å². The molecule has 2 aromatic carbocycles. The standard InChI is InChI=1S/C20H21N3O2/c24-10-9-23-20(13-18(22-23)16-4-2-1-3-5-16)21-14-15-6-7-19-17(12-15)8-11-25-19/h1-7,12-13,21,24H,8-11,14H2. The van der Waals surface area contributed by atoms with E-state index >= 15 is 0 Å². The summed E-state index contributed by atoms with van der Waals surface area (Å²) in [5.41, 5.74) is 4.45. The molecule has 2 heterocycles. The summed E-state index contributed by atoms with van der Waals surface area (Å²) in [5, 5.41) is 17.4. The maximum Gasteiger partial charge on any atom is 0.125 e. The monoisotopic (exact) mass is 335 g/mol. The number of nitrogens with zero attached hydrogens (tertiary/aromatic N) is 2. The summed E-state index contributed by atoms with van der Waals surface area (Å²) in [5.74, 6) is 1.91. The second-order valence-corrected chi connectivity index (χ2v) is 6.12. The fourth-order valence-corrected chi connectivity index (χ4v) is 3.12. The molecule has 0 saturated carbocycles. The van der Waals surface area contributed by atoms with Crippen LogP contribution in [0.2, 0.25) is 0 Å². The molecular weight excluding hydrogens is 314 g/mol. The van der Waals surface area contributed by atoms with Crippen molar-refractivity contribution >= 4 is 5.82 Å². The van der Waals surface area contributed by atoms with Gasteiger partial charge in [0.25, 0.3) is 0 Å². The van der Waals surface area contributed by atoms with Crippen molar-refractivity contribution < 1.29 is 9.84 Å². The SMILES string of the molecule is OCCn1nc(-c2ccccc2)cc1NCc1ccc2c(c1)CCO2. The molecule has 0 aliphatic carbocycles. The Labute approximate surface area is 146 Å². The van der Waals surface area contributed by atoms with E-state index < -0.39 is 0 Å². The van der Waals surface area contributed by atoms with E-state index in [2.05, 4.69) is 22.5 Å². The van der Waals surface area contributed by atoms with Crippen LogP contribution < -0.4 is 10.1 Å². The second kappa shape index (κ2) is 6.99. The van der Waals surface area contributed by atoms with Crippen LogP contribution in [0.3, 0.4) is 0 Å². The zero-order valence-electron chi connectivity index (χ0n) is 14.0. The highest BCUT2D eigenvalue weighted by molar-refractivity contribution is 5.63. The van der Waals surface area contributed by atoms with Crippen LogP contribution >= 0.6 is 0 Å². The number of anilines is 1. The zero-order chi connectivity index (χ0) is 17.1. The molecule has 25 heavy (non-hydrogen) atoms. The van der Waals surface area contributed by atoms with Crippen molar-refractivity contribution in [1.82, 2.24) is 9.78 Å². The van der Waals surface area contributed by atoms with E-state index in [9.17, 15) is 5.11 Å². The highest BCUT2D eigenvalue weighted by Crippen LogP contribution is 2.27. The molecule has 5 heteroatoms. The van der Waals surface area contributed by atoms with E-state index in [4.69, 9.17) is 4.74 Å². The Morgan fingerprint density at radius 2 is 2.00 bits per heavy atom. The number of fused-ring (bicyclic) bond motifs is 1. The van der Waals surface area contributed by atoms with Crippen molar-refractivity contribution in [1.29, 1.82) is 0 Å². The molecule has 0 radical (unpaired) electrons. The zero-order valence-corrected chi connectivity index (χ0v) is 14.0. The van der Waals surface area contributed by atoms with E-state index in [1.165, 1.54) is 11.1 Å². The molecule has 0 saturated heterocycles. The Hall–Kier alpha value is -2.79. The van der Waals surface area contributed by atoms with Gasteiger partial charge in [0.15, 0.2) is 0 Å². The molecule has 1 aromatic heterocycles. The summed E-state index contributed by atoms with van der Waals surface area (Å²) in [4.78, 5) is 0.